The Morgan fingerprint density at radius 2 is 2.14 bits per heavy atom. The zero-order valence-electron chi connectivity index (χ0n) is 12.5. The first-order chi connectivity index (χ1) is 10.4. The molecule has 6 nitrogen and oxygen atoms in total. The molecule has 0 N–H and O–H groups in total. The van der Waals surface area contributed by atoms with Crippen LogP contribution >= 0.6 is 0 Å². The molecule has 0 aliphatic rings. The molecule has 0 aliphatic heterocycles. The van der Waals surface area contributed by atoms with Crippen molar-refractivity contribution in [3.8, 4) is 11.3 Å². The number of halogens is 1. The molecule has 22 heavy (non-hydrogen) atoms. The van der Waals surface area contributed by atoms with Crippen molar-refractivity contribution < 1.29 is 13.9 Å². The van der Waals surface area contributed by atoms with Gasteiger partial charge in [-0.15, -0.1) is 0 Å². The number of esters is 1. The van der Waals surface area contributed by atoms with Gasteiger partial charge in [0.1, 0.15) is 5.82 Å². The highest BCUT2D eigenvalue weighted by Crippen LogP contribution is 2.15. The van der Waals surface area contributed by atoms with Gasteiger partial charge in [0, 0.05) is 12.2 Å². The van der Waals surface area contributed by atoms with E-state index in [1.807, 2.05) is 13.8 Å². The molecule has 0 unspecified atom stereocenters. The fourth-order valence-electron chi connectivity index (χ4n) is 1.82. The number of carbonyl (C=O) groups excluding carboxylic acids is 1. The van der Waals surface area contributed by atoms with Crippen LogP contribution in [-0.2, 0) is 4.74 Å². The Kier molecular flexibility index (Phi) is 4.65. The molecule has 2 heterocycles. The molecule has 2 aromatic heterocycles. The van der Waals surface area contributed by atoms with Gasteiger partial charge in [0.15, 0.2) is 0 Å². The molecule has 0 aliphatic carbocycles. The molecular formula is C15H16FN3O3. The summed E-state index contributed by atoms with van der Waals surface area (Å²) < 4.78 is 19.3. The minimum absolute atomic E-state index is 0.0759. The normalized spacial score (nSPS) is 10.8. The monoisotopic (exact) mass is 305 g/mol. The maximum absolute atomic E-state index is 13.0. The molecule has 2 rings (SSSR count). The summed E-state index contributed by atoms with van der Waals surface area (Å²) in [5, 5.41) is 4.02. The average Bonchev–Trinajstić information content (AvgIpc) is 2.48. The third kappa shape index (κ3) is 3.19. The Hall–Kier alpha value is -2.57. The molecule has 116 valence electrons. The van der Waals surface area contributed by atoms with Crippen molar-refractivity contribution in [3.05, 3.63) is 46.3 Å². The Bertz CT molecular complexity index is 739. The number of pyridine rings is 1. The van der Waals surface area contributed by atoms with Crippen LogP contribution in [0.25, 0.3) is 11.3 Å². The highest BCUT2D eigenvalue weighted by molar-refractivity contribution is 5.88. The van der Waals surface area contributed by atoms with Crippen LogP contribution in [0.5, 0.6) is 0 Å². The van der Waals surface area contributed by atoms with Gasteiger partial charge in [-0.05, 0) is 32.9 Å². The minimum Gasteiger partial charge on any atom is -0.461 e. The van der Waals surface area contributed by atoms with Gasteiger partial charge in [0.2, 0.25) is 11.1 Å². The van der Waals surface area contributed by atoms with Crippen LogP contribution in [0, 0.1) is 5.82 Å². The van der Waals surface area contributed by atoms with Crippen LogP contribution in [-0.4, -0.2) is 27.3 Å². The first kappa shape index (κ1) is 15.8. The molecule has 0 fully saturated rings. The van der Waals surface area contributed by atoms with E-state index >= 15 is 0 Å². The number of nitrogens with zero attached hydrogens (tertiary/aromatic N) is 3. The molecule has 2 aromatic rings. The summed E-state index contributed by atoms with van der Waals surface area (Å²) in [6.45, 7) is 5.49. The van der Waals surface area contributed by atoms with E-state index in [9.17, 15) is 14.0 Å². The van der Waals surface area contributed by atoms with Crippen LogP contribution in [0.4, 0.5) is 4.39 Å². The highest BCUT2D eigenvalue weighted by Gasteiger charge is 2.20. The van der Waals surface area contributed by atoms with Crippen molar-refractivity contribution in [2.75, 3.05) is 6.61 Å². The Morgan fingerprint density at radius 1 is 1.41 bits per heavy atom. The summed E-state index contributed by atoms with van der Waals surface area (Å²) in [5.41, 5.74) is -0.450. The van der Waals surface area contributed by atoms with E-state index in [0.29, 0.717) is 0 Å². The van der Waals surface area contributed by atoms with Gasteiger partial charge in [-0.25, -0.2) is 9.18 Å². The van der Waals surface area contributed by atoms with E-state index in [4.69, 9.17) is 4.74 Å². The summed E-state index contributed by atoms with van der Waals surface area (Å²) in [4.78, 5) is 28.2. The number of carbonyl (C=O) groups is 1. The van der Waals surface area contributed by atoms with Gasteiger partial charge in [0.05, 0.1) is 24.1 Å². The first-order valence-electron chi connectivity index (χ1n) is 6.86. The quantitative estimate of drug-likeness (QED) is 0.810. The van der Waals surface area contributed by atoms with Crippen molar-refractivity contribution >= 4 is 5.97 Å². The van der Waals surface area contributed by atoms with Gasteiger partial charge < -0.3 is 4.74 Å². The lowest BCUT2D eigenvalue weighted by Gasteiger charge is -2.13. The Balaban J connectivity index is 2.64. The second kappa shape index (κ2) is 6.46. The summed E-state index contributed by atoms with van der Waals surface area (Å²) in [6.07, 6.45) is 2.51. The van der Waals surface area contributed by atoms with Crippen molar-refractivity contribution in [2.45, 2.75) is 26.8 Å². The molecule has 0 aromatic carbocycles. The van der Waals surface area contributed by atoms with Crippen LogP contribution < -0.4 is 5.43 Å². The zero-order valence-corrected chi connectivity index (χ0v) is 12.5. The topological polar surface area (TPSA) is 74.1 Å². The standard InChI is InChI=1S/C15H16FN3O3/c1-4-22-15(21)13-14(20)11(8-19(18-13)9(2)3)12-6-5-10(16)7-17-12/h5-9H,4H2,1-3H3. The number of hydrogen-bond donors (Lipinski definition) is 0. The van der Waals surface area contributed by atoms with Crippen molar-refractivity contribution in [1.82, 2.24) is 14.8 Å². The van der Waals surface area contributed by atoms with Crippen LogP contribution in [0.15, 0.2) is 29.3 Å². The van der Waals surface area contributed by atoms with Crippen LogP contribution in [0.2, 0.25) is 0 Å². The largest absolute Gasteiger partial charge is 0.461 e. The number of aromatic nitrogens is 3. The molecule has 0 atom stereocenters. The van der Waals surface area contributed by atoms with Crippen molar-refractivity contribution in [1.29, 1.82) is 0 Å². The highest BCUT2D eigenvalue weighted by atomic mass is 19.1. The lowest BCUT2D eigenvalue weighted by molar-refractivity contribution is 0.0514. The molecule has 0 saturated carbocycles. The van der Waals surface area contributed by atoms with Gasteiger partial charge in [-0.1, -0.05) is 0 Å². The SMILES string of the molecule is CCOC(=O)c1nn(C(C)C)cc(-c2ccc(F)cn2)c1=O. The zero-order chi connectivity index (χ0) is 16.3. The molecule has 0 spiro atoms. The fraction of sp³-hybridized carbons (Fsp3) is 0.333. The average molecular weight is 305 g/mol. The Labute approximate surface area is 126 Å². The summed E-state index contributed by atoms with van der Waals surface area (Å²) >= 11 is 0. The van der Waals surface area contributed by atoms with E-state index in [-0.39, 0.29) is 29.6 Å². The Morgan fingerprint density at radius 3 is 2.68 bits per heavy atom. The molecule has 0 bridgehead atoms. The van der Waals surface area contributed by atoms with E-state index in [0.717, 1.165) is 6.20 Å². The second-order valence-electron chi connectivity index (χ2n) is 4.88. The minimum atomic E-state index is -0.786. The van der Waals surface area contributed by atoms with Gasteiger partial charge in [0.25, 0.3) is 0 Å². The predicted octanol–water partition coefficient (Wildman–Crippen LogP) is 2.20. The third-order valence-electron chi connectivity index (χ3n) is 2.94. The van der Waals surface area contributed by atoms with Crippen LogP contribution in [0.1, 0.15) is 37.3 Å². The lowest BCUT2D eigenvalue weighted by Crippen LogP contribution is -2.26. The third-order valence-corrected chi connectivity index (χ3v) is 2.94. The molecule has 0 radical (unpaired) electrons. The van der Waals surface area contributed by atoms with E-state index in [1.54, 1.807) is 6.92 Å². The first-order valence-corrected chi connectivity index (χ1v) is 6.86. The van der Waals surface area contributed by atoms with Crippen molar-refractivity contribution in [2.24, 2.45) is 0 Å². The maximum atomic E-state index is 13.0. The van der Waals surface area contributed by atoms with E-state index in [1.165, 1.54) is 23.0 Å². The van der Waals surface area contributed by atoms with Gasteiger partial charge in [-0.3, -0.25) is 14.5 Å². The van der Waals surface area contributed by atoms with Crippen molar-refractivity contribution in [3.63, 3.8) is 0 Å². The summed E-state index contributed by atoms with van der Waals surface area (Å²) in [5.74, 6) is -1.29. The molecule has 0 amide bonds. The summed E-state index contributed by atoms with van der Waals surface area (Å²) in [6, 6.07) is 2.51. The van der Waals surface area contributed by atoms with E-state index in [2.05, 4.69) is 10.1 Å². The molecule has 7 heteroatoms. The molecule has 0 saturated heterocycles. The predicted molar refractivity (Wildman–Crippen MR) is 78.0 cm³/mol. The fourth-order valence-corrected chi connectivity index (χ4v) is 1.82. The smallest absolute Gasteiger partial charge is 0.362 e. The van der Waals surface area contributed by atoms with Crippen LogP contribution in [0.3, 0.4) is 0 Å². The van der Waals surface area contributed by atoms with Gasteiger partial charge >= 0.3 is 5.97 Å². The molecular weight excluding hydrogens is 289 g/mol. The van der Waals surface area contributed by atoms with Gasteiger partial charge in [-0.2, -0.15) is 5.10 Å². The maximum Gasteiger partial charge on any atom is 0.362 e. The summed E-state index contributed by atoms with van der Waals surface area (Å²) in [7, 11) is 0. The second-order valence-corrected chi connectivity index (χ2v) is 4.88. The number of ether oxygens (including phenoxy) is 1. The lowest BCUT2D eigenvalue weighted by atomic mass is 10.1. The van der Waals surface area contributed by atoms with E-state index < -0.39 is 17.2 Å². The number of hydrogen-bond acceptors (Lipinski definition) is 5. The number of rotatable bonds is 4.